The minimum atomic E-state index is -4.71. The number of rotatable bonds is 6. The second kappa shape index (κ2) is 8.45. The van der Waals surface area contributed by atoms with Gasteiger partial charge in [0, 0.05) is 18.4 Å². The Bertz CT molecular complexity index is 712. The lowest BCUT2D eigenvalue weighted by molar-refractivity contribution is -0.261. The first kappa shape index (κ1) is 20.8. The van der Waals surface area contributed by atoms with E-state index in [0.29, 0.717) is 0 Å². The summed E-state index contributed by atoms with van der Waals surface area (Å²) in [6.45, 7) is 3.25. The van der Waals surface area contributed by atoms with Crippen LogP contribution in [0.1, 0.15) is 38.7 Å². The van der Waals surface area contributed by atoms with Gasteiger partial charge in [0.1, 0.15) is 5.76 Å². The highest BCUT2D eigenvalue weighted by Gasteiger charge is 2.61. The Kier molecular flexibility index (Phi) is 6.51. The Morgan fingerprint density at radius 1 is 1.11 bits per heavy atom. The van der Waals surface area contributed by atoms with Gasteiger partial charge >= 0.3 is 18.1 Å². The third-order valence-electron chi connectivity index (χ3n) is 4.18. The molecule has 0 spiro atoms. The second-order valence-corrected chi connectivity index (χ2v) is 5.90. The summed E-state index contributed by atoms with van der Waals surface area (Å²) in [4.78, 5) is 24.0. The van der Waals surface area contributed by atoms with Crippen LogP contribution in [-0.4, -0.2) is 31.3 Å². The molecular formula is C19H21F3O5. The molecule has 1 saturated heterocycles. The highest BCUT2D eigenvalue weighted by molar-refractivity contribution is 5.94. The summed E-state index contributed by atoms with van der Waals surface area (Å²) in [6, 6.07) is 7.22. The highest BCUT2D eigenvalue weighted by atomic mass is 19.4. The van der Waals surface area contributed by atoms with Gasteiger partial charge in [0.25, 0.3) is 0 Å². The van der Waals surface area contributed by atoms with E-state index in [1.807, 2.05) is 0 Å². The standard InChI is InChI=1S/C19H21F3O5/c1-3-25-16(23)12-14(17(24)26-4-2)15-10-11-18(27-15,19(20,21)22)13-8-6-5-7-9-13/h5-9H,3-4,10-12H2,1-2H3/b15-14+. The van der Waals surface area contributed by atoms with Gasteiger partial charge in [0.15, 0.2) is 0 Å². The van der Waals surface area contributed by atoms with Gasteiger partial charge in [-0.1, -0.05) is 30.3 Å². The lowest BCUT2D eigenvalue weighted by Gasteiger charge is -2.31. The molecule has 0 amide bonds. The van der Waals surface area contributed by atoms with Crippen molar-refractivity contribution in [3.05, 3.63) is 47.2 Å². The molecule has 1 heterocycles. The maximum absolute atomic E-state index is 13.9. The summed E-state index contributed by atoms with van der Waals surface area (Å²) in [5.41, 5.74) is -2.88. The summed E-state index contributed by atoms with van der Waals surface area (Å²) in [6.07, 6.45) is -5.77. The van der Waals surface area contributed by atoms with E-state index >= 15 is 0 Å². The number of carbonyl (C=O) groups excluding carboxylic acids is 2. The lowest BCUT2D eigenvalue weighted by atomic mass is 9.90. The van der Waals surface area contributed by atoms with Crippen LogP contribution in [0.4, 0.5) is 13.2 Å². The Hall–Kier alpha value is -2.51. The molecule has 1 aliphatic heterocycles. The van der Waals surface area contributed by atoms with E-state index in [0.717, 1.165) is 0 Å². The largest absolute Gasteiger partial charge is 0.477 e. The van der Waals surface area contributed by atoms with Crippen LogP contribution < -0.4 is 0 Å². The number of allylic oxidation sites excluding steroid dienone is 1. The Balaban J connectivity index is 2.45. The number of hydrogen-bond donors (Lipinski definition) is 0. The predicted octanol–water partition coefficient (Wildman–Crippen LogP) is 4.03. The molecule has 1 atom stereocenters. The molecule has 1 fully saturated rings. The molecule has 0 aliphatic carbocycles. The normalized spacial score (nSPS) is 21.4. The van der Waals surface area contributed by atoms with Crippen LogP contribution in [0.3, 0.4) is 0 Å². The van der Waals surface area contributed by atoms with Crippen molar-refractivity contribution in [2.45, 2.75) is 44.9 Å². The molecule has 0 bridgehead atoms. The third kappa shape index (κ3) is 4.43. The van der Waals surface area contributed by atoms with Crippen molar-refractivity contribution in [1.82, 2.24) is 0 Å². The molecular weight excluding hydrogens is 365 g/mol. The van der Waals surface area contributed by atoms with Crippen molar-refractivity contribution in [1.29, 1.82) is 0 Å². The van der Waals surface area contributed by atoms with Crippen LogP contribution >= 0.6 is 0 Å². The topological polar surface area (TPSA) is 61.8 Å². The number of hydrogen-bond acceptors (Lipinski definition) is 5. The smallest absolute Gasteiger partial charge is 0.432 e. The second-order valence-electron chi connectivity index (χ2n) is 5.90. The summed E-state index contributed by atoms with van der Waals surface area (Å²) in [7, 11) is 0. The van der Waals surface area contributed by atoms with Gasteiger partial charge in [0.05, 0.1) is 25.2 Å². The van der Waals surface area contributed by atoms with Crippen LogP contribution in [-0.2, 0) is 29.4 Å². The molecule has 5 nitrogen and oxygen atoms in total. The van der Waals surface area contributed by atoms with Gasteiger partial charge in [-0.3, -0.25) is 4.79 Å². The van der Waals surface area contributed by atoms with Crippen LogP contribution in [0, 0.1) is 0 Å². The Morgan fingerprint density at radius 3 is 2.30 bits per heavy atom. The number of ether oxygens (including phenoxy) is 3. The maximum Gasteiger partial charge on any atom is 0.432 e. The van der Waals surface area contributed by atoms with E-state index in [9.17, 15) is 22.8 Å². The quantitative estimate of drug-likeness (QED) is 0.546. The van der Waals surface area contributed by atoms with Crippen molar-refractivity contribution in [3.8, 4) is 0 Å². The fraction of sp³-hybridized carbons (Fsp3) is 0.474. The molecule has 148 valence electrons. The van der Waals surface area contributed by atoms with E-state index < -0.39 is 36.6 Å². The predicted molar refractivity (Wildman–Crippen MR) is 89.4 cm³/mol. The molecule has 1 aromatic rings. The number of carbonyl (C=O) groups is 2. The van der Waals surface area contributed by atoms with Crippen molar-refractivity contribution < 1.29 is 37.0 Å². The molecule has 1 aliphatic rings. The molecule has 0 radical (unpaired) electrons. The number of halogens is 3. The lowest BCUT2D eigenvalue weighted by Crippen LogP contribution is -2.41. The third-order valence-corrected chi connectivity index (χ3v) is 4.18. The van der Waals surface area contributed by atoms with Crippen LogP contribution in [0.25, 0.3) is 0 Å². The average molecular weight is 386 g/mol. The molecule has 27 heavy (non-hydrogen) atoms. The van der Waals surface area contributed by atoms with Crippen LogP contribution in [0.5, 0.6) is 0 Å². The maximum atomic E-state index is 13.9. The SMILES string of the molecule is CCOC(=O)C/C(C(=O)OCC)=C1/CCC(c2ccccc2)(C(F)(F)F)O1. The fourth-order valence-electron chi connectivity index (χ4n) is 2.95. The number of alkyl halides is 3. The van der Waals surface area contributed by atoms with Gasteiger partial charge in [-0.2, -0.15) is 13.2 Å². The summed E-state index contributed by atoms with van der Waals surface area (Å²) in [5, 5.41) is 0. The first-order chi connectivity index (χ1) is 12.7. The monoisotopic (exact) mass is 386 g/mol. The van der Waals surface area contributed by atoms with E-state index in [2.05, 4.69) is 0 Å². The van der Waals surface area contributed by atoms with Gasteiger partial charge < -0.3 is 14.2 Å². The van der Waals surface area contributed by atoms with Gasteiger partial charge in [0.2, 0.25) is 5.60 Å². The fourth-order valence-corrected chi connectivity index (χ4v) is 2.95. The Morgan fingerprint density at radius 2 is 1.74 bits per heavy atom. The first-order valence-electron chi connectivity index (χ1n) is 8.61. The molecule has 2 rings (SSSR count). The summed E-state index contributed by atoms with van der Waals surface area (Å²) >= 11 is 0. The van der Waals surface area contributed by atoms with Gasteiger partial charge in [-0.25, -0.2) is 4.79 Å². The van der Waals surface area contributed by atoms with E-state index in [4.69, 9.17) is 14.2 Å². The zero-order valence-electron chi connectivity index (χ0n) is 15.1. The zero-order chi connectivity index (χ0) is 20.1. The summed E-state index contributed by atoms with van der Waals surface area (Å²) < 4.78 is 56.8. The van der Waals surface area contributed by atoms with Gasteiger partial charge in [-0.05, 0) is 13.8 Å². The first-order valence-corrected chi connectivity index (χ1v) is 8.61. The van der Waals surface area contributed by atoms with Crippen LogP contribution in [0.2, 0.25) is 0 Å². The highest BCUT2D eigenvalue weighted by Crippen LogP contribution is 2.52. The van der Waals surface area contributed by atoms with E-state index in [-0.39, 0.29) is 36.5 Å². The molecule has 0 saturated carbocycles. The van der Waals surface area contributed by atoms with Crippen molar-refractivity contribution in [3.63, 3.8) is 0 Å². The van der Waals surface area contributed by atoms with E-state index in [1.165, 1.54) is 24.3 Å². The van der Waals surface area contributed by atoms with Crippen molar-refractivity contribution in [2.24, 2.45) is 0 Å². The Labute approximate surface area is 155 Å². The summed E-state index contributed by atoms with van der Waals surface area (Å²) in [5.74, 6) is -1.81. The van der Waals surface area contributed by atoms with Crippen molar-refractivity contribution in [2.75, 3.05) is 13.2 Å². The zero-order valence-corrected chi connectivity index (χ0v) is 15.1. The van der Waals surface area contributed by atoms with E-state index in [1.54, 1.807) is 19.9 Å². The molecule has 1 unspecified atom stereocenters. The average Bonchev–Trinajstić information content (AvgIpc) is 3.07. The molecule has 8 heteroatoms. The van der Waals surface area contributed by atoms with Crippen molar-refractivity contribution >= 4 is 11.9 Å². The van der Waals surface area contributed by atoms with Crippen LogP contribution in [0.15, 0.2) is 41.7 Å². The molecule has 0 N–H and O–H groups in total. The molecule has 0 aromatic heterocycles. The molecule has 1 aromatic carbocycles. The number of benzene rings is 1. The minimum Gasteiger partial charge on any atom is -0.477 e. The van der Waals surface area contributed by atoms with Gasteiger partial charge in [-0.15, -0.1) is 0 Å². The number of esters is 2. The minimum absolute atomic E-state index is 0.0154.